The van der Waals surface area contributed by atoms with Crippen LogP contribution in [0, 0.1) is 4.77 Å². The number of hydrogen-bond acceptors (Lipinski definition) is 7. The van der Waals surface area contributed by atoms with E-state index in [1.807, 2.05) is 49.4 Å². The standard InChI is InChI=1S/C19H21N5O3S/c1-4-27-15-7-5-13(6-8-15)18-21-22-19(28)24(18)23-20-12-14-11-16(25-2)9-10-17(14)26-3/h5-12,23H,4H2,1-3H3,(H,22,28). The number of ether oxygens (including phenoxy) is 3. The van der Waals surface area contributed by atoms with Crippen LogP contribution in [0.25, 0.3) is 11.4 Å². The molecule has 9 heteroatoms. The molecule has 8 nitrogen and oxygen atoms in total. The topological polar surface area (TPSA) is 85.7 Å². The number of H-pyrrole nitrogens is 1. The van der Waals surface area contributed by atoms with Gasteiger partial charge in [-0.3, -0.25) is 0 Å². The SMILES string of the molecule is CCOc1ccc(-c2n[nH]c(=S)n2NN=Cc2cc(OC)ccc2OC)cc1. The number of rotatable bonds is 8. The van der Waals surface area contributed by atoms with Crippen LogP contribution in [0.15, 0.2) is 47.6 Å². The van der Waals surface area contributed by atoms with Gasteiger partial charge < -0.3 is 14.2 Å². The number of hydrogen-bond donors (Lipinski definition) is 2. The zero-order valence-corrected chi connectivity index (χ0v) is 16.6. The monoisotopic (exact) mass is 399 g/mol. The van der Waals surface area contributed by atoms with Crippen molar-refractivity contribution < 1.29 is 14.2 Å². The third-order valence-electron chi connectivity index (χ3n) is 3.89. The smallest absolute Gasteiger partial charge is 0.216 e. The first-order valence-electron chi connectivity index (χ1n) is 8.58. The van der Waals surface area contributed by atoms with Crippen molar-refractivity contribution in [3.63, 3.8) is 0 Å². The summed E-state index contributed by atoms with van der Waals surface area (Å²) in [6, 6.07) is 13.0. The van der Waals surface area contributed by atoms with Gasteiger partial charge in [-0.15, -0.1) is 0 Å². The first-order chi connectivity index (χ1) is 13.7. The molecule has 1 aromatic heterocycles. The fraction of sp³-hybridized carbons (Fsp3) is 0.211. The largest absolute Gasteiger partial charge is 0.497 e. The van der Waals surface area contributed by atoms with Gasteiger partial charge >= 0.3 is 0 Å². The Labute approximate surface area is 167 Å². The summed E-state index contributed by atoms with van der Waals surface area (Å²) in [7, 11) is 3.21. The van der Waals surface area contributed by atoms with Gasteiger partial charge in [0.15, 0.2) is 5.82 Å². The molecule has 0 aliphatic heterocycles. The molecule has 1 heterocycles. The van der Waals surface area contributed by atoms with Gasteiger partial charge in [-0.25, -0.2) is 10.6 Å². The minimum Gasteiger partial charge on any atom is -0.497 e. The highest BCUT2D eigenvalue weighted by Crippen LogP contribution is 2.23. The maximum Gasteiger partial charge on any atom is 0.216 e. The Morgan fingerprint density at radius 3 is 2.57 bits per heavy atom. The second-order valence-electron chi connectivity index (χ2n) is 5.61. The van der Waals surface area contributed by atoms with Gasteiger partial charge in [0, 0.05) is 11.1 Å². The number of benzene rings is 2. The number of methoxy groups -OCH3 is 2. The molecule has 3 rings (SSSR count). The lowest BCUT2D eigenvalue weighted by Gasteiger charge is -2.08. The summed E-state index contributed by atoms with van der Waals surface area (Å²) in [6.07, 6.45) is 1.62. The summed E-state index contributed by atoms with van der Waals surface area (Å²) >= 11 is 5.30. The van der Waals surface area contributed by atoms with E-state index in [-0.39, 0.29) is 0 Å². The molecular formula is C19H21N5O3S. The third kappa shape index (κ3) is 4.32. The van der Waals surface area contributed by atoms with Crippen molar-refractivity contribution in [2.45, 2.75) is 6.92 Å². The van der Waals surface area contributed by atoms with Crippen molar-refractivity contribution >= 4 is 18.4 Å². The van der Waals surface area contributed by atoms with Gasteiger partial charge in [-0.2, -0.15) is 14.9 Å². The predicted molar refractivity (Wildman–Crippen MR) is 111 cm³/mol. The number of nitrogens with zero attached hydrogens (tertiary/aromatic N) is 3. The van der Waals surface area contributed by atoms with Gasteiger partial charge in [-0.05, 0) is 61.6 Å². The maximum absolute atomic E-state index is 5.47. The van der Waals surface area contributed by atoms with Crippen LogP contribution < -0.4 is 19.7 Å². The molecule has 0 saturated heterocycles. The summed E-state index contributed by atoms with van der Waals surface area (Å²) in [4.78, 5) is 0. The van der Waals surface area contributed by atoms with Crippen molar-refractivity contribution in [3.8, 4) is 28.6 Å². The van der Waals surface area contributed by atoms with Crippen LogP contribution in [0.5, 0.6) is 17.2 Å². The minimum absolute atomic E-state index is 0.388. The fourth-order valence-corrected chi connectivity index (χ4v) is 2.72. The van der Waals surface area contributed by atoms with E-state index in [1.165, 1.54) is 0 Å². The second-order valence-corrected chi connectivity index (χ2v) is 6.00. The highest BCUT2D eigenvalue weighted by molar-refractivity contribution is 7.71. The summed E-state index contributed by atoms with van der Waals surface area (Å²) in [5.74, 6) is 2.77. The van der Waals surface area contributed by atoms with Crippen LogP contribution in [0.4, 0.5) is 0 Å². The zero-order chi connectivity index (χ0) is 19.9. The average molecular weight is 399 g/mol. The van der Waals surface area contributed by atoms with E-state index in [0.29, 0.717) is 28.7 Å². The maximum atomic E-state index is 5.47. The third-order valence-corrected chi connectivity index (χ3v) is 4.17. The molecule has 146 valence electrons. The molecule has 0 bridgehead atoms. The average Bonchev–Trinajstić information content (AvgIpc) is 3.09. The van der Waals surface area contributed by atoms with Crippen molar-refractivity contribution in [1.82, 2.24) is 14.9 Å². The zero-order valence-electron chi connectivity index (χ0n) is 15.8. The Balaban J connectivity index is 1.83. The summed E-state index contributed by atoms with van der Waals surface area (Å²) < 4.78 is 18.0. The number of nitrogens with one attached hydrogen (secondary N) is 2. The Morgan fingerprint density at radius 2 is 1.89 bits per heavy atom. The lowest BCUT2D eigenvalue weighted by molar-refractivity contribution is 0.340. The lowest BCUT2D eigenvalue weighted by Crippen LogP contribution is -2.11. The van der Waals surface area contributed by atoms with Gasteiger partial charge in [-0.1, -0.05) is 0 Å². The first-order valence-corrected chi connectivity index (χ1v) is 8.98. The minimum atomic E-state index is 0.388. The molecule has 0 atom stereocenters. The molecule has 28 heavy (non-hydrogen) atoms. The van der Waals surface area contributed by atoms with Crippen LogP contribution in [-0.2, 0) is 0 Å². The van der Waals surface area contributed by atoms with E-state index in [9.17, 15) is 0 Å². The molecule has 0 aliphatic carbocycles. The van der Waals surface area contributed by atoms with Crippen LogP contribution >= 0.6 is 12.2 Å². The van der Waals surface area contributed by atoms with Gasteiger partial charge in [0.2, 0.25) is 4.77 Å². The van der Waals surface area contributed by atoms with Crippen molar-refractivity contribution in [3.05, 3.63) is 52.8 Å². The molecular weight excluding hydrogens is 378 g/mol. The molecule has 2 N–H and O–H groups in total. The van der Waals surface area contributed by atoms with Crippen LogP contribution in [0.3, 0.4) is 0 Å². The molecule has 0 amide bonds. The number of aromatic nitrogens is 3. The molecule has 3 aromatic rings. The Morgan fingerprint density at radius 1 is 1.14 bits per heavy atom. The van der Waals surface area contributed by atoms with E-state index >= 15 is 0 Å². The summed E-state index contributed by atoms with van der Waals surface area (Å²) in [5.41, 5.74) is 4.51. The Hall–Kier alpha value is -3.33. The van der Waals surface area contributed by atoms with Crippen LogP contribution in [0.2, 0.25) is 0 Å². The summed E-state index contributed by atoms with van der Waals surface area (Å²) in [6.45, 7) is 2.56. The fourth-order valence-electron chi connectivity index (χ4n) is 2.55. The first kappa shape index (κ1) is 19.4. The lowest BCUT2D eigenvalue weighted by atomic mass is 10.2. The predicted octanol–water partition coefficient (Wildman–Crippen LogP) is 3.60. The molecule has 0 aliphatic rings. The van der Waals surface area contributed by atoms with E-state index in [2.05, 4.69) is 20.8 Å². The van der Waals surface area contributed by atoms with E-state index in [4.69, 9.17) is 26.4 Å². The molecule has 2 aromatic carbocycles. The molecule has 0 radical (unpaired) electrons. The van der Waals surface area contributed by atoms with Crippen molar-refractivity contribution in [2.24, 2.45) is 5.10 Å². The Bertz CT molecular complexity index is 1010. The molecule has 0 unspecified atom stereocenters. The molecule has 0 saturated carbocycles. The van der Waals surface area contributed by atoms with E-state index < -0.39 is 0 Å². The summed E-state index contributed by atoms with van der Waals surface area (Å²) in [5, 5.41) is 11.3. The van der Waals surface area contributed by atoms with Gasteiger partial charge in [0.1, 0.15) is 17.2 Å². The van der Waals surface area contributed by atoms with Gasteiger partial charge in [0.05, 0.1) is 27.0 Å². The number of hydrazone groups is 1. The highest BCUT2D eigenvalue weighted by atomic mass is 32.1. The van der Waals surface area contributed by atoms with Crippen molar-refractivity contribution in [2.75, 3.05) is 26.4 Å². The highest BCUT2D eigenvalue weighted by Gasteiger charge is 2.09. The van der Waals surface area contributed by atoms with Crippen molar-refractivity contribution in [1.29, 1.82) is 0 Å². The van der Waals surface area contributed by atoms with Gasteiger partial charge in [0.25, 0.3) is 0 Å². The van der Waals surface area contributed by atoms with Crippen LogP contribution in [0.1, 0.15) is 12.5 Å². The normalized spacial score (nSPS) is 10.8. The molecule has 0 spiro atoms. The Kier molecular flexibility index (Phi) is 6.28. The van der Waals surface area contributed by atoms with E-state index in [1.54, 1.807) is 25.1 Å². The second kappa shape index (κ2) is 9.05. The van der Waals surface area contributed by atoms with Crippen LogP contribution in [-0.4, -0.2) is 41.9 Å². The quantitative estimate of drug-likeness (QED) is 0.342. The number of aromatic amines is 1. The van der Waals surface area contributed by atoms with E-state index in [0.717, 1.165) is 16.9 Å². The molecule has 0 fully saturated rings.